The average Bonchev–Trinajstić information content (AvgIpc) is 1.44. The molecule has 6 aliphatic heterocycles. The minimum atomic E-state index is -1.40. The van der Waals surface area contributed by atoms with E-state index in [1.54, 1.807) is 42.5 Å². The van der Waals surface area contributed by atoms with Crippen molar-refractivity contribution in [2.45, 2.75) is 148 Å². The van der Waals surface area contributed by atoms with E-state index in [0.29, 0.717) is 97.3 Å². The van der Waals surface area contributed by atoms with Gasteiger partial charge < -0.3 is 77.9 Å². The number of hydrogen-bond acceptors (Lipinski definition) is 18. The molecule has 11 rings (SSSR count). The van der Waals surface area contributed by atoms with E-state index in [1.165, 1.54) is 36.8 Å². The zero-order chi connectivity index (χ0) is 77.0. The number of para-hydroxylation sites is 4. The first-order chi connectivity index (χ1) is 49.6. The van der Waals surface area contributed by atoms with Crippen molar-refractivity contribution < 1.29 is 77.0 Å². The van der Waals surface area contributed by atoms with Crippen LogP contribution in [0.25, 0.3) is 0 Å². The smallest absolute Gasteiger partial charge is 0.543 e. The number of carbonyl (C=O) groups is 4. The number of hydrogen-bond donors (Lipinski definition) is 7. The number of amides is 3. The molecule has 2 atom stereocenters. The van der Waals surface area contributed by atoms with Gasteiger partial charge in [-0.1, -0.05) is 69.4 Å². The third-order valence-corrected chi connectivity index (χ3v) is 19.3. The van der Waals surface area contributed by atoms with Crippen LogP contribution in [-0.2, 0) is 25.7 Å². The zero-order valence-electron chi connectivity index (χ0n) is 64.1. The maximum absolute atomic E-state index is 14.4. The van der Waals surface area contributed by atoms with E-state index in [4.69, 9.17) is 39.3 Å². The second-order valence-corrected chi connectivity index (χ2v) is 33.6. The number of aromatic carboxylic acids is 1. The summed E-state index contributed by atoms with van der Waals surface area (Å²) in [5.41, 5.74) is 26.5. The second kappa shape index (κ2) is 39.6. The number of nitrogens with one attached hydrogen (secondary N) is 3. The third-order valence-electron chi connectivity index (χ3n) is 17.2. The van der Waals surface area contributed by atoms with Crippen molar-refractivity contribution in [1.82, 2.24) is 14.1 Å². The number of carboxylic acids is 1. The number of aromatic nitrogens is 2. The third kappa shape index (κ3) is 25.6. The van der Waals surface area contributed by atoms with Crippen molar-refractivity contribution in [2.75, 3.05) is 107 Å². The molecule has 4 saturated heterocycles. The van der Waals surface area contributed by atoms with Gasteiger partial charge in [0.1, 0.15) is 46.0 Å². The maximum atomic E-state index is 14.4. The number of halogens is 5. The number of nitrogens with zero attached hydrogens (tertiary/aromatic N) is 8. The van der Waals surface area contributed by atoms with Gasteiger partial charge in [0.2, 0.25) is 0 Å². The van der Waals surface area contributed by atoms with Gasteiger partial charge in [-0.05, 0) is 145 Å². The van der Waals surface area contributed by atoms with E-state index >= 15 is 0 Å². The fourth-order valence-corrected chi connectivity index (χ4v) is 13.0. The number of ether oxygens (including phenoxy) is 2. The number of benzene rings is 4. The normalized spacial score (nSPS) is 18.7. The van der Waals surface area contributed by atoms with Crippen LogP contribution in [0.4, 0.5) is 67.9 Å². The van der Waals surface area contributed by atoms with Gasteiger partial charge in [-0.3, -0.25) is 19.6 Å². The van der Waals surface area contributed by atoms with Crippen molar-refractivity contribution in [1.29, 1.82) is 0 Å². The largest absolute Gasteiger partial charge is 1.00 e. The molecule has 0 unspecified atom stereocenters. The molecular weight excluding hydrogens is 1380 g/mol. The fourth-order valence-electron chi connectivity index (χ4n) is 11.9. The standard InChI is InChI=1S/C17H21FN4O.C16H19FN4O.C16H24FN3O2.C13H19FN2.C10H17BrN2O3Si.Li/c18-13-3-1-4-14(21-17(23)15-5-2-8-20-15)16(13)22-9-6-12(11-19)7-10-22;17-12-5-1-6-13(20-16(22)14-7-2-8-19-14)15(12)21-9-3-4-11(18)10-21;1-16(2,3)22-15(21)19-11-6-5-9-20(10-11)14-12(17)7-4-8-13(14)18;1-2-10-6-8-16(9-7-10)13-11(14)4-3-5-12(13)15;1-17(2,3)5-4-16-7-8-6-13(11)12-9(8)10(14)15;/h1-4,8,12H,5-7,9-11,19H2,(H,21,23);1-2,5-6,8,11H,3-4,7,9-10,18H2,(H,20,22);4,7-8,11H,5-6,9-10,18H2,1-3H3,(H,19,21);3-5,10H,2,6-9,15H2,1H3;6H,4-5,7H2,1-3H3,(H,14,15);/q;;;;;+1/p-1/t;2*11-;;;/m.11.../s1/i2*2D,8T;;;6D;. The summed E-state index contributed by atoms with van der Waals surface area (Å²) in [7, 11) is -1.17. The van der Waals surface area contributed by atoms with Gasteiger partial charge in [0.05, 0.1) is 81.1 Å². The summed E-state index contributed by atoms with van der Waals surface area (Å²) in [4.78, 5) is 62.7. The monoisotopic (exact) mass is 1480 g/mol. The van der Waals surface area contributed by atoms with E-state index in [-0.39, 0.29) is 115 Å². The van der Waals surface area contributed by atoms with Crippen molar-refractivity contribution in [3.63, 3.8) is 0 Å². The van der Waals surface area contributed by atoms with E-state index < -0.39 is 49.2 Å². The van der Waals surface area contributed by atoms with Crippen LogP contribution < -0.4 is 82.5 Å². The van der Waals surface area contributed by atoms with Crippen LogP contribution in [-0.4, -0.2) is 135 Å². The minimum Gasteiger partial charge on any atom is -0.543 e. The number of piperidine rings is 4. The Labute approximate surface area is 619 Å². The summed E-state index contributed by atoms with van der Waals surface area (Å²) in [6.45, 7) is 21.3. The molecule has 0 bridgehead atoms. The van der Waals surface area contributed by atoms with Gasteiger partial charge in [-0.2, -0.15) is 5.10 Å². The number of aliphatic imine (C=N–C) groups is 2. The number of rotatable bonds is 17. The van der Waals surface area contributed by atoms with E-state index in [9.17, 15) is 41.8 Å². The van der Waals surface area contributed by atoms with Crippen LogP contribution in [0.15, 0.2) is 113 Å². The second-order valence-electron chi connectivity index (χ2n) is 27.3. The maximum Gasteiger partial charge on any atom is 1.00 e. The first-order valence-corrected chi connectivity index (χ1v) is 38.3. The van der Waals surface area contributed by atoms with Crippen molar-refractivity contribution >= 4 is 105 Å². The number of carboxylic acid groups (broad SMARTS) is 1. The van der Waals surface area contributed by atoms with Gasteiger partial charge in [0.15, 0.2) is 0 Å². The number of allylic oxidation sites excluding steroid dienone is 2. The van der Waals surface area contributed by atoms with E-state index in [1.807, 2.05) is 35.5 Å². The van der Waals surface area contributed by atoms with Crippen LogP contribution in [0.2, 0.25) is 25.7 Å². The van der Waals surface area contributed by atoms with Crippen LogP contribution in [0.5, 0.6) is 0 Å². The molecule has 29 heteroatoms. The Balaban J connectivity index is 0.000000209. The van der Waals surface area contributed by atoms with E-state index in [2.05, 4.69) is 78.6 Å². The number of alkyl carbamates (subject to hydrolysis) is 1. The van der Waals surface area contributed by atoms with Crippen LogP contribution >= 0.6 is 16.1 Å². The van der Waals surface area contributed by atoms with Gasteiger partial charge in [-0.15, -0.1) is 0 Å². The predicted molar refractivity (Wildman–Crippen MR) is 396 cm³/mol. The van der Waals surface area contributed by atoms with Crippen LogP contribution in [0, 0.1) is 35.1 Å². The summed E-state index contributed by atoms with van der Waals surface area (Å²) in [5, 5.41) is 22.7. The molecule has 0 saturated carbocycles. The zero-order valence-corrected chi connectivity index (χ0v) is 61.7. The fraction of sp³-hybridized carbons (Fsp3) is 0.486. The SMILES string of the molecule is CC(C)(C)OC(=O)N[C@@H]1CCCN(c2c(N)cccc2F)C1.CCC1CCN(c2c(N)cccc2F)CC1.[2H]C1=C([3H])N=C(C(=O)Nc2cccc(F)c2N2CCC(CN)CC2)C1.[2H]C1=C([3H])N=C(C(=O)Nc2cccc(F)c2N2CCC[C@@H](N)C2)C1.[2H]c1c(COCC[Si](C)(C)C)c(C(=O)[O-])nn1Br.[Li+]. The molecule has 0 radical (unpaired) electrons. The summed E-state index contributed by atoms with van der Waals surface area (Å²) < 4.78 is 106. The first kappa shape index (κ1) is 74.5. The summed E-state index contributed by atoms with van der Waals surface area (Å²) in [6.07, 6.45) is 7.91. The Morgan fingerprint density at radius 2 is 1.17 bits per heavy atom. The molecule has 6 aliphatic rings. The van der Waals surface area contributed by atoms with Crippen molar-refractivity contribution in [3.05, 3.63) is 138 Å². The quantitative estimate of drug-likeness (QED) is 0.0198. The number of anilines is 8. The first-order valence-electron chi connectivity index (χ1n) is 36.4. The molecular formula is C72H99BrF4LiN15O7Si. The Bertz CT molecular complexity index is 3950. The number of carbonyl (C=O) groups excluding carboxylic acids is 4. The number of nitrogen functional groups attached to an aromatic ring is 2. The van der Waals surface area contributed by atoms with Crippen molar-refractivity contribution in [2.24, 2.45) is 33.3 Å². The molecule has 1 aromatic heterocycles. The van der Waals surface area contributed by atoms with E-state index in [0.717, 1.165) is 86.7 Å². The Hall–Kier alpha value is -7.72. The number of nitrogens with two attached hydrogens (primary N) is 4. The molecule has 0 aliphatic carbocycles. The Kier molecular flexibility index (Phi) is 29.2. The molecule has 4 fully saturated rings. The summed E-state index contributed by atoms with van der Waals surface area (Å²) in [6, 6.07) is 19.6. The topological polar surface area (TPSA) is 305 Å². The predicted octanol–water partition coefficient (Wildman–Crippen LogP) is 8.55. The molecule has 4 aromatic carbocycles. The van der Waals surface area contributed by atoms with Crippen LogP contribution in [0.3, 0.4) is 0 Å². The van der Waals surface area contributed by atoms with Gasteiger partial charge in [0.25, 0.3) is 11.8 Å². The van der Waals surface area contributed by atoms with Crippen molar-refractivity contribution in [3.8, 4) is 0 Å². The molecule has 5 aromatic rings. The molecule has 11 N–H and O–H groups in total. The summed E-state index contributed by atoms with van der Waals surface area (Å²) in [5.74, 6) is -2.52. The Morgan fingerprint density at radius 1 is 0.703 bits per heavy atom. The van der Waals surface area contributed by atoms with Gasteiger partial charge in [0, 0.05) is 116 Å². The Morgan fingerprint density at radius 3 is 1.62 bits per heavy atom. The summed E-state index contributed by atoms with van der Waals surface area (Å²) >= 11 is 2.95. The van der Waals surface area contributed by atoms with Gasteiger partial charge >= 0.3 is 25.0 Å². The molecule has 101 heavy (non-hydrogen) atoms. The molecule has 22 nitrogen and oxygen atoms in total. The molecule has 544 valence electrons. The molecule has 0 spiro atoms. The van der Waals surface area contributed by atoms with Gasteiger partial charge in [-0.25, -0.2) is 26.1 Å². The molecule has 3 amide bonds. The van der Waals surface area contributed by atoms with Crippen LogP contribution in [0.1, 0.15) is 121 Å². The molecule has 7 heterocycles. The average molecular weight is 1480 g/mol. The minimum absolute atomic E-state index is 0.